The SMILES string of the molecule is Cc1c(C(C)C)c(=O)n(C)c2ccccc12. The molecule has 1 aromatic heterocycles. The molecule has 0 saturated heterocycles. The molecule has 2 rings (SSSR count). The van der Waals surface area contributed by atoms with Crippen LogP contribution in [0.3, 0.4) is 0 Å². The van der Waals surface area contributed by atoms with Gasteiger partial charge in [0.05, 0.1) is 5.52 Å². The maximum absolute atomic E-state index is 12.2. The molecular weight excluding hydrogens is 198 g/mol. The fraction of sp³-hybridized carbons (Fsp3) is 0.357. The van der Waals surface area contributed by atoms with Gasteiger partial charge in [-0.2, -0.15) is 0 Å². The third-order valence-corrected chi connectivity index (χ3v) is 3.19. The molecule has 0 radical (unpaired) electrons. The Kier molecular flexibility index (Phi) is 2.58. The van der Waals surface area contributed by atoms with E-state index >= 15 is 0 Å². The Morgan fingerprint density at radius 1 is 1.19 bits per heavy atom. The van der Waals surface area contributed by atoms with E-state index < -0.39 is 0 Å². The first-order chi connectivity index (χ1) is 7.54. The molecule has 0 aliphatic heterocycles. The topological polar surface area (TPSA) is 22.0 Å². The van der Waals surface area contributed by atoms with Gasteiger partial charge in [-0.15, -0.1) is 0 Å². The van der Waals surface area contributed by atoms with Crippen LogP contribution in [0.2, 0.25) is 0 Å². The average Bonchev–Trinajstić information content (AvgIpc) is 2.26. The fourth-order valence-electron chi connectivity index (χ4n) is 2.36. The molecule has 84 valence electrons. The summed E-state index contributed by atoms with van der Waals surface area (Å²) in [5.41, 5.74) is 3.19. The van der Waals surface area contributed by atoms with E-state index in [2.05, 4.69) is 19.9 Å². The molecule has 2 aromatic rings. The van der Waals surface area contributed by atoms with E-state index in [0.29, 0.717) is 0 Å². The first-order valence-corrected chi connectivity index (χ1v) is 5.62. The summed E-state index contributed by atoms with van der Waals surface area (Å²) < 4.78 is 1.75. The van der Waals surface area contributed by atoms with Crippen LogP contribution in [0.4, 0.5) is 0 Å². The fourth-order valence-corrected chi connectivity index (χ4v) is 2.36. The molecule has 0 spiro atoms. The van der Waals surface area contributed by atoms with Crippen LogP contribution in [0.5, 0.6) is 0 Å². The van der Waals surface area contributed by atoms with Gasteiger partial charge in [0.15, 0.2) is 0 Å². The summed E-state index contributed by atoms with van der Waals surface area (Å²) in [5, 5.41) is 1.17. The van der Waals surface area contributed by atoms with Crippen molar-refractivity contribution in [1.82, 2.24) is 4.57 Å². The summed E-state index contributed by atoms with van der Waals surface area (Å²) in [6.07, 6.45) is 0. The van der Waals surface area contributed by atoms with E-state index in [9.17, 15) is 4.79 Å². The molecule has 0 aliphatic rings. The highest BCUT2D eigenvalue weighted by molar-refractivity contribution is 5.83. The number of aromatic nitrogens is 1. The number of fused-ring (bicyclic) bond motifs is 1. The van der Waals surface area contributed by atoms with Crippen LogP contribution in [0.15, 0.2) is 29.1 Å². The zero-order chi connectivity index (χ0) is 11.9. The number of nitrogens with zero attached hydrogens (tertiary/aromatic N) is 1. The van der Waals surface area contributed by atoms with Gasteiger partial charge in [0.25, 0.3) is 5.56 Å². The van der Waals surface area contributed by atoms with Gasteiger partial charge in [-0.3, -0.25) is 4.79 Å². The largest absolute Gasteiger partial charge is 0.311 e. The molecule has 0 atom stereocenters. The lowest BCUT2D eigenvalue weighted by atomic mass is 9.96. The highest BCUT2D eigenvalue weighted by Gasteiger charge is 2.13. The quantitative estimate of drug-likeness (QED) is 0.716. The minimum atomic E-state index is 0.131. The zero-order valence-corrected chi connectivity index (χ0v) is 10.2. The summed E-state index contributed by atoms with van der Waals surface area (Å²) in [6.45, 7) is 6.18. The Hall–Kier alpha value is -1.57. The van der Waals surface area contributed by atoms with Gasteiger partial charge >= 0.3 is 0 Å². The van der Waals surface area contributed by atoms with Crippen LogP contribution < -0.4 is 5.56 Å². The van der Waals surface area contributed by atoms with Crippen molar-refractivity contribution in [2.24, 2.45) is 7.05 Å². The molecule has 0 N–H and O–H groups in total. The van der Waals surface area contributed by atoms with Gasteiger partial charge in [0, 0.05) is 18.0 Å². The summed E-state index contributed by atoms with van der Waals surface area (Å²) in [6, 6.07) is 8.06. The molecule has 0 bridgehead atoms. The summed E-state index contributed by atoms with van der Waals surface area (Å²) >= 11 is 0. The van der Waals surface area contributed by atoms with E-state index in [4.69, 9.17) is 0 Å². The second kappa shape index (κ2) is 3.78. The lowest BCUT2D eigenvalue weighted by Crippen LogP contribution is -2.23. The van der Waals surface area contributed by atoms with Crippen molar-refractivity contribution >= 4 is 10.9 Å². The minimum Gasteiger partial charge on any atom is -0.311 e. The van der Waals surface area contributed by atoms with Crippen LogP contribution >= 0.6 is 0 Å². The predicted molar refractivity (Wildman–Crippen MR) is 68.0 cm³/mol. The molecular formula is C14H17NO. The average molecular weight is 215 g/mol. The molecule has 1 aromatic carbocycles. The Morgan fingerprint density at radius 2 is 1.81 bits per heavy atom. The lowest BCUT2D eigenvalue weighted by Gasteiger charge is -2.14. The van der Waals surface area contributed by atoms with Crippen LogP contribution in [-0.4, -0.2) is 4.57 Å². The molecule has 2 nitrogen and oxygen atoms in total. The number of hydrogen-bond donors (Lipinski definition) is 0. The Bertz CT molecular complexity index is 593. The Morgan fingerprint density at radius 3 is 2.44 bits per heavy atom. The van der Waals surface area contributed by atoms with Gasteiger partial charge < -0.3 is 4.57 Å². The third kappa shape index (κ3) is 1.45. The highest BCUT2D eigenvalue weighted by atomic mass is 16.1. The van der Waals surface area contributed by atoms with Gasteiger partial charge in [-0.25, -0.2) is 0 Å². The Balaban J connectivity index is 3.01. The van der Waals surface area contributed by atoms with Gasteiger partial charge in [-0.05, 0) is 24.5 Å². The van der Waals surface area contributed by atoms with Crippen molar-refractivity contribution in [2.45, 2.75) is 26.7 Å². The molecule has 1 heterocycles. The van der Waals surface area contributed by atoms with Crippen molar-refractivity contribution in [3.05, 3.63) is 45.7 Å². The van der Waals surface area contributed by atoms with E-state index in [1.165, 1.54) is 5.39 Å². The monoisotopic (exact) mass is 215 g/mol. The van der Waals surface area contributed by atoms with Crippen molar-refractivity contribution in [3.63, 3.8) is 0 Å². The molecule has 0 aliphatic carbocycles. The normalized spacial score (nSPS) is 11.3. The first kappa shape index (κ1) is 10.9. The standard InChI is InChI=1S/C14H17NO/c1-9(2)13-10(3)11-7-5-6-8-12(11)15(4)14(13)16/h5-9H,1-4H3. The number of hydrogen-bond acceptors (Lipinski definition) is 1. The second-order valence-electron chi connectivity index (χ2n) is 4.57. The molecule has 16 heavy (non-hydrogen) atoms. The maximum atomic E-state index is 12.2. The van der Waals surface area contributed by atoms with Crippen LogP contribution in [-0.2, 0) is 7.05 Å². The van der Waals surface area contributed by atoms with E-state index in [-0.39, 0.29) is 11.5 Å². The van der Waals surface area contributed by atoms with E-state index in [1.54, 1.807) is 4.57 Å². The highest BCUT2D eigenvalue weighted by Crippen LogP contribution is 2.23. The van der Waals surface area contributed by atoms with Crippen molar-refractivity contribution in [1.29, 1.82) is 0 Å². The van der Waals surface area contributed by atoms with Crippen LogP contribution in [0, 0.1) is 6.92 Å². The number of aryl methyl sites for hydroxylation is 2. The number of benzene rings is 1. The number of para-hydroxylation sites is 1. The van der Waals surface area contributed by atoms with Gasteiger partial charge in [0.1, 0.15) is 0 Å². The minimum absolute atomic E-state index is 0.131. The molecule has 0 unspecified atom stereocenters. The van der Waals surface area contributed by atoms with E-state index in [0.717, 1.165) is 16.6 Å². The van der Waals surface area contributed by atoms with Gasteiger partial charge in [0.2, 0.25) is 0 Å². The molecule has 0 fully saturated rings. The maximum Gasteiger partial charge on any atom is 0.254 e. The summed E-state index contributed by atoms with van der Waals surface area (Å²) in [7, 11) is 1.84. The van der Waals surface area contributed by atoms with Crippen molar-refractivity contribution in [2.75, 3.05) is 0 Å². The third-order valence-electron chi connectivity index (χ3n) is 3.19. The summed E-state index contributed by atoms with van der Waals surface area (Å²) in [5.74, 6) is 0.267. The molecule has 0 amide bonds. The van der Waals surface area contributed by atoms with Crippen molar-refractivity contribution < 1.29 is 0 Å². The first-order valence-electron chi connectivity index (χ1n) is 5.62. The molecule has 2 heteroatoms. The van der Waals surface area contributed by atoms with Crippen LogP contribution in [0.1, 0.15) is 30.9 Å². The van der Waals surface area contributed by atoms with E-state index in [1.807, 2.05) is 32.2 Å². The Labute approximate surface area is 95.5 Å². The second-order valence-corrected chi connectivity index (χ2v) is 4.57. The number of rotatable bonds is 1. The zero-order valence-electron chi connectivity index (χ0n) is 10.2. The lowest BCUT2D eigenvalue weighted by molar-refractivity contribution is 0.794. The number of pyridine rings is 1. The van der Waals surface area contributed by atoms with Gasteiger partial charge in [-0.1, -0.05) is 32.0 Å². The summed E-state index contributed by atoms with van der Waals surface area (Å²) in [4.78, 5) is 12.2. The smallest absolute Gasteiger partial charge is 0.254 e. The molecule has 0 saturated carbocycles. The van der Waals surface area contributed by atoms with Crippen molar-refractivity contribution in [3.8, 4) is 0 Å². The predicted octanol–water partition coefficient (Wildman–Crippen LogP) is 2.97. The van der Waals surface area contributed by atoms with Crippen LogP contribution in [0.25, 0.3) is 10.9 Å².